The first-order valence-corrected chi connectivity index (χ1v) is 7.09. The summed E-state index contributed by atoms with van der Waals surface area (Å²) in [4.78, 5) is 2.17. The van der Waals surface area contributed by atoms with Crippen LogP contribution in [0.25, 0.3) is 0 Å². The largest absolute Gasteiger partial charge is 0.585 e. The van der Waals surface area contributed by atoms with Crippen LogP contribution in [0.5, 0.6) is 0 Å². The fraction of sp³-hybridized carbons (Fsp3) is 0.556. The summed E-state index contributed by atoms with van der Waals surface area (Å²) in [5, 5.41) is 0. The van der Waals surface area contributed by atoms with Gasteiger partial charge in [-0.1, -0.05) is 12.2 Å². The summed E-state index contributed by atoms with van der Waals surface area (Å²) in [5.74, 6) is 0.796. The van der Waals surface area contributed by atoms with E-state index < -0.39 is 7.23 Å². The minimum atomic E-state index is -1.54. The first-order valence-electron chi connectivity index (χ1n) is 4.33. The van der Waals surface area contributed by atoms with Crippen LogP contribution >= 0.6 is 18.6 Å². The van der Waals surface area contributed by atoms with Crippen molar-refractivity contribution in [2.75, 3.05) is 32.5 Å². The summed E-state index contributed by atoms with van der Waals surface area (Å²) >= 11 is 1.33. The molecular formula is C9H17NO2PS+. The molecular weight excluding hydrogens is 217 g/mol. The van der Waals surface area contributed by atoms with Crippen molar-refractivity contribution in [3.05, 3.63) is 25.3 Å². The smallest absolute Gasteiger partial charge is 0.295 e. The predicted molar refractivity (Wildman–Crippen MR) is 63.9 cm³/mol. The topological polar surface area (TPSA) is 29.5 Å². The minimum Gasteiger partial charge on any atom is -0.295 e. The Bertz CT molecular complexity index is 189. The lowest BCUT2D eigenvalue weighted by Gasteiger charge is -2.16. The highest BCUT2D eigenvalue weighted by molar-refractivity contribution is 8.50. The van der Waals surface area contributed by atoms with Crippen molar-refractivity contribution >= 4 is 18.6 Å². The van der Waals surface area contributed by atoms with Gasteiger partial charge in [-0.15, -0.1) is 17.7 Å². The van der Waals surface area contributed by atoms with Crippen LogP contribution in [0.1, 0.15) is 0 Å². The van der Waals surface area contributed by atoms with Crippen molar-refractivity contribution in [1.29, 1.82) is 0 Å². The van der Waals surface area contributed by atoms with Crippen molar-refractivity contribution in [2.45, 2.75) is 0 Å². The molecule has 0 N–H and O–H groups in total. The van der Waals surface area contributed by atoms with Gasteiger partial charge in [0.1, 0.15) is 0 Å². The van der Waals surface area contributed by atoms with Gasteiger partial charge in [-0.05, 0) is 4.57 Å². The van der Waals surface area contributed by atoms with E-state index in [0.29, 0.717) is 0 Å². The molecule has 80 valence electrons. The second-order valence-corrected chi connectivity index (χ2v) is 5.72. The third kappa shape index (κ3) is 7.27. The molecule has 5 heteroatoms. The monoisotopic (exact) mass is 234 g/mol. The van der Waals surface area contributed by atoms with E-state index in [2.05, 4.69) is 22.6 Å². The van der Waals surface area contributed by atoms with Gasteiger partial charge in [0.2, 0.25) is 0 Å². The Morgan fingerprint density at radius 1 is 1.43 bits per heavy atom. The second-order valence-electron chi connectivity index (χ2n) is 2.58. The van der Waals surface area contributed by atoms with Crippen LogP contribution in [0, 0.1) is 0 Å². The Balaban J connectivity index is 3.64. The van der Waals surface area contributed by atoms with Crippen LogP contribution < -0.4 is 0 Å². The number of hydrogen-bond acceptors (Lipinski definition) is 4. The first-order chi connectivity index (χ1) is 6.74. The molecule has 0 radical (unpaired) electrons. The Hall–Kier alpha value is -0.150. The van der Waals surface area contributed by atoms with Crippen molar-refractivity contribution in [2.24, 2.45) is 0 Å². The molecule has 0 bridgehead atoms. The minimum absolute atomic E-state index is 0.796. The Kier molecular flexibility index (Phi) is 9.31. The van der Waals surface area contributed by atoms with Gasteiger partial charge >= 0.3 is 7.23 Å². The maximum atomic E-state index is 10.9. The zero-order chi connectivity index (χ0) is 10.8. The molecule has 0 spiro atoms. The molecule has 0 amide bonds. The summed E-state index contributed by atoms with van der Waals surface area (Å²) < 4.78 is 15.6. The molecule has 14 heavy (non-hydrogen) atoms. The molecule has 0 fully saturated rings. The number of hydrogen-bond donors (Lipinski definition) is 0. The highest BCUT2D eigenvalue weighted by atomic mass is 32.7. The summed E-state index contributed by atoms with van der Waals surface area (Å²) in [6.07, 6.45) is 3.70. The van der Waals surface area contributed by atoms with E-state index in [9.17, 15) is 4.57 Å². The van der Waals surface area contributed by atoms with Crippen LogP contribution in [-0.4, -0.2) is 37.4 Å². The van der Waals surface area contributed by atoms with Gasteiger partial charge in [0.25, 0.3) is 0 Å². The van der Waals surface area contributed by atoms with Crippen LogP contribution in [-0.2, 0) is 9.09 Å². The second kappa shape index (κ2) is 9.41. The van der Waals surface area contributed by atoms with E-state index >= 15 is 0 Å². The Labute approximate surface area is 90.8 Å². The fourth-order valence-electron chi connectivity index (χ4n) is 0.919. The zero-order valence-corrected chi connectivity index (χ0v) is 10.2. The number of nitrogens with zero attached hydrogens (tertiary/aromatic N) is 1. The normalized spacial score (nSPS) is 11.4. The molecule has 3 nitrogen and oxygen atoms in total. The van der Waals surface area contributed by atoms with Crippen LogP contribution in [0.15, 0.2) is 25.3 Å². The predicted octanol–water partition coefficient (Wildman–Crippen LogP) is 2.70. The van der Waals surface area contributed by atoms with Crippen molar-refractivity contribution in [1.82, 2.24) is 4.90 Å². The van der Waals surface area contributed by atoms with Gasteiger partial charge in [0.05, 0.1) is 12.9 Å². The molecule has 0 saturated heterocycles. The molecule has 0 aliphatic carbocycles. The lowest BCUT2D eigenvalue weighted by molar-refractivity contribution is 0.358. The fourth-order valence-corrected chi connectivity index (χ4v) is 2.52. The van der Waals surface area contributed by atoms with Gasteiger partial charge in [-0.25, -0.2) is 0 Å². The van der Waals surface area contributed by atoms with E-state index in [1.165, 1.54) is 18.5 Å². The van der Waals surface area contributed by atoms with Crippen LogP contribution in [0.4, 0.5) is 0 Å². The molecule has 0 aromatic heterocycles. The highest BCUT2D eigenvalue weighted by Gasteiger charge is 2.16. The summed E-state index contributed by atoms with van der Waals surface area (Å²) in [5.41, 5.74) is 0. The molecule has 1 unspecified atom stereocenters. The first kappa shape index (κ1) is 13.8. The molecule has 0 saturated carbocycles. The van der Waals surface area contributed by atoms with E-state index in [4.69, 9.17) is 0 Å². The van der Waals surface area contributed by atoms with Gasteiger partial charge in [0.15, 0.2) is 11.4 Å². The number of rotatable bonds is 9. The summed E-state index contributed by atoms with van der Waals surface area (Å²) in [7, 11) is -0.0839. The quantitative estimate of drug-likeness (QED) is 0.453. The van der Waals surface area contributed by atoms with E-state index in [0.717, 1.165) is 25.4 Å². The zero-order valence-electron chi connectivity index (χ0n) is 8.52. The van der Waals surface area contributed by atoms with Crippen molar-refractivity contribution in [3.8, 4) is 0 Å². The van der Waals surface area contributed by atoms with Crippen molar-refractivity contribution in [3.63, 3.8) is 0 Å². The van der Waals surface area contributed by atoms with Gasteiger partial charge < -0.3 is 0 Å². The third-order valence-corrected chi connectivity index (χ3v) is 4.03. The van der Waals surface area contributed by atoms with E-state index in [-0.39, 0.29) is 0 Å². The molecule has 0 aromatic rings. The summed E-state index contributed by atoms with van der Waals surface area (Å²) in [6.45, 7) is 9.88. The Morgan fingerprint density at radius 3 is 2.43 bits per heavy atom. The average Bonchev–Trinajstić information content (AvgIpc) is 2.18. The van der Waals surface area contributed by atoms with Gasteiger partial charge in [0, 0.05) is 19.6 Å². The van der Waals surface area contributed by atoms with Crippen LogP contribution in [0.2, 0.25) is 0 Å². The molecule has 1 atom stereocenters. The maximum Gasteiger partial charge on any atom is 0.585 e. The van der Waals surface area contributed by atoms with Gasteiger partial charge in [-0.3, -0.25) is 4.90 Å². The summed E-state index contributed by atoms with van der Waals surface area (Å²) in [6, 6.07) is 0. The van der Waals surface area contributed by atoms with Gasteiger partial charge in [-0.2, -0.15) is 0 Å². The maximum absolute atomic E-state index is 10.9. The molecule has 0 aromatic carbocycles. The standard InChI is InChI=1S/C9H17NO2PS/c1-4-6-10(7-5-2)8-9-14-13(11)12-3/h4-5H,1-2,6-9H2,3H3/q+1. The average molecular weight is 234 g/mol. The molecule has 0 heterocycles. The van der Waals surface area contributed by atoms with E-state index in [1.807, 2.05) is 12.2 Å². The SMILES string of the molecule is C=CCN(CC=C)CCS[P+](=O)OC. The molecule has 0 rings (SSSR count). The molecule has 0 aliphatic rings. The van der Waals surface area contributed by atoms with Crippen LogP contribution in [0.3, 0.4) is 0 Å². The lowest BCUT2D eigenvalue weighted by Crippen LogP contribution is -2.26. The lowest BCUT2D eigenvalue weighted by atomic mass is 10.4. The third-order valence-electron chi connectivity index (χ3n) is 1.53. The van der Waals surface area contributed by atoms with E-state index in [1.54, 1.807) is 0 Å². The molecule has 0 aliphatic heterocycles. The Morgan fingerprint density at radius 2 is 2.00 bits per heavy atom. The van der Waals surface area contributed by atoms with Crippen molar-refractivity contribution < 1.29 is 9.09 Å². The highest BCUT2D eigenvalue weighted by Crippen LogP contribution is 2.37.